The molecule has 24 heavy (non-hydrogen) atoms. The summed E-state index contributed by atoms with van der Waals surface area (Å²) < 4.78 is 15.8. The molecule has 0 N–H and O–H groups in total. The van der Waals surface area contributed by atoms with Gasteiger partial charge in [-0.15, -0.1) is 0 Å². The molecular formula is C20H32O4. The van der Waals surface area contributed by atoms with Crippen LogP contribution >= 0.6 is 0 Å². The predicted octanol–water partition coefficient (Wildman–Crippen LogP) is 3.46. The lowest BCUT2D eigenvalue weighted by molar-refractivity contribution is -0.139. The summed E-state index contributed by atoms with van der Waals surface area (Å²) in [4.78, 5) is 10.8. The van der Waals surface area contributed by atoms with Gasteiger partial charge >= 0.3 is 5.97 Å². The first kappa shape index (κ1) is 17.9. The van der Waals surface area contributed by atoms with Crippen molar-refractivity contribution in [3.8, 4) is 0 Å². The molecule has 0 aliphatic heterocycles. The maximum absolute atomic E-state index is 10.8. The molecule has 0 aromatic rings. The predicted molar refractivity (Wildman–Crippen MR) is 92.5 cm³/mol. The highest BCUT2D eigenvalue weighted by Gasteiger charge is 2.61. The Balaban J connectivity index is 1.16. The van der Waals surface area contributed by atoms with Gasteiger partial charge in [0.15, 0.2) is 0 Å². The van der Waals surface area contributed by atoms with Gasteiger partial charge in [-0.1, -0.05) is 13.5 Å². The van der Waals surface area contributed by atoms with E-state index in [2.05, 4.69) is 13.5 Å². The average Bonchev–Trinajstić information content (AvgIpc) is 2.82. The highest BCUT2D eigenvalue weighted by molar-refractivity contribution is 5.81. The van der Waals surface area contributed by atoms with E-state index < -0.39 is 5.97 Å². The van der Waals surface area contributed by atoms with Crippen molar-refractivity contribution in [2.75, 3.05) is 33.0 Å². The first-order chi connectivity index (χ1) is 11.7. The van der Waals surface area contributed by atoms with Crippen molar-refractivity contribution in [1.82, 2.24) is 0 Å². The number of rotatable bonds is 11. The Morgan fingerprint density at radius 1 is 1.04 bits per heavy atom. The summed E-state index contributed by atoms with van der Waals surface area (Å²) in [6, 6.07) is 0. The van der Waals surface area contributed by atoms with Crippen LogP contribution in [-0.4, -0.2) is 39.0 Å². The fourth-order valence-electron chi connectivity index (χ4n) is 5.53. The molecule has 0 saturated heterocycles. The molecule has 0 amide bonds. The average molecular weight is 336 g/mol. The summed E-state index contributed by atoms with van der Waals surface area (Å²) in [5, 5.41) is 0. The summed E-state index contributed by atoms with van der Waals surface area (Å²) in [6.07, 6.45) is 8.14. The van der Waals surface area contributed by atoms with Crippen LogP contribution in [0.4, 0.5) is 0 Å². The Morgan fingerprint density at radius 3 is 2.42 bits per heavy atom. The lowest BCUT2D eigenvalue weighted by Gasteiger charge is -2.60. The molecular weight excluding hydrogens is 304 g/mol. The maximum atomic E-state index is 10.8. The Morgan fingerprint density at radius 2 is 1.71 bits per heavy atom. The lowest BCUT2D eigenvalue weighted by Crippen LogP contribution is -2.53. The third-order valence-electron chi connectivity index (χ3n) is 6.57. The summed E-state index contributed by atoms with van der Waals surface area (Å²) >= 11 is 0. The molecule has 0 heterocycles. The number of esters is 1. The van der Waals surface area contributed by atoms with Crippen molar-refractivity contribution in [3.05, 3.63) is 12.7 Å². The first-order valence-corrected chi connectivity index (χ1v) is 9.67. The van der Waals surface area contributed by atoms with E-state index in [1.165, 1.54) is 32.1 Å². The van der Waals surface area contributed by atoms with Crippen molar-refractivity contribution >= 4 is 5.97 Å². The minimum absolute atomic E-state index is 0.273. The van der Waals surface area contributed by atoms with Gasteiger partial charge in [0.25, 0.3) is 0 Å². The number of hydrogen-bond donors (Lipinski definition) is 0. The van der Waals surface area contributed by atoms with E-state index in [4.69, 9.17) is 14.2 Å². The number of hydrogen-bond acceptors (Lipinski definition) is 4. The SMILES string of the molecule is C=CC(=O)OCCOCCOCCCC1CC(C)C2C3CCC3C12. The highest BCUT2D eigenvalue weighted by atomic mass is 16.6. The highest BCUT2D eigenvalue weighted by Crippen LogP contribution is 2.68. The van der Waals surface area contributed by atoms with Crippen LogP contribution in [0.25, 0.3) is 0 Å². The van der Waals surface area contributed by atoms with Gasteiger partial charge in [0.2, 0.25) is 0 Å². The lowest BCUT2D eigenvalue weighted by atomic mass is 9.45. The number of carbonyl (C=O) groups excluding carboxylic acids is 1. The molecule has 0 aromatic heterocycles. The second kappa shape index (κ2) is 8.48. The monoisotopic (exact) mass is 336 g/mol. The van der Waals surface area contributed by atoms with Gasteiger partial charge in [0, 0.05) is 12.7 Å². The molecule has 4 nitrogen and oxygen atoms in total. The zero-order chi connectivity index (χ0) is 16.9. The van der Waals surface area contributed by atoms with E-state index in [-0.39, 0.29) is 6.61 Å². The van der Waals surface area contributed by atoms with Crippen LogP contribution in [0.3, 0.4) is 0 Å². The van der Waals surface area contributed by atoms with E-state index >= 15 is 0 Å². The Hall–Kier alpha value is -0.870. The van der Waals surface area contributed by atoms with Gasteiger partial charge < -0.3 is 14.2 Å². The third kappa shape index (κ3) is 3.85. The quantitative estimate of drug-likeness (QED) is 0.329. The third-order valence-corrected chi connectivity index (χ3v) is 6.57. The van der Waals surface area contributed by atoms with Crippen LogP contribution < -0.4 is 0 Å². The van der Waals surface area contributed by atoms with Crippen molar-refractivity contribution in [3.63, 3.8) is 0 Å². The van der Waals surface area contributed by atoms with Crippen LogP contribution in [0.1, 0.15) is 39.0 Å². The van der Waals surface area contributed by atoms with Gasteiger partial charge in [-0.05, 0) is 67.6 Å². The fraction of sp³-hybridized carbons (Fsp3) is 0.850. The smallest absolute Gasteiger partial charge is 0.330 e. The Kier molecular flexibility index (Phi) is 6.34. The van der Waals surface area contributed by atoms with Gasteiger partial charge in [-0.3, -0.25) is 0 Å². The van der Waals surface area contributed by atoms with Crippen molar-refractivity contribution < 1.29 is 19.0 Å². The zero-order valence-electron chi connectivity index (χ0n) is 15.0. The molecule has 0 radical (unpaired) electrons. The zero-order valence-corrected chi connectivity index (χ0v) is 15.0. The first-order valence-electron chi connectivity index (χ1n) is 9.67. The summed E-state index contributed by atoms with van der Waals surface area (Å²) in [5.41, 5.74) is 0. The van der Waals surface area contributed by atoms with E-state index in [0.717, 1.165) is 48.2 Å². The van der Waals surface area contributed by atoms with Crippen LogP contribution in [0.5, 0.6) is 0 Å². The van der Waals surface area contributed by atoms with Crippen LogP contribution in [-0.2, 0) is 19.0 Å². The second-order valence-electron chi connectivity index (χ2n) is 7.77. The fourth-order valence-corrected chi connectivity index (χ4v) is 5.53. The topological polar surface area (TPSA) is 44.8 Å². The number of carbonyl (C=O) groups is 1. The minimum Gasteiger partial charge on any atom is -0.460 e. The molecule has 136 valence electrons. The molecule has 0 spiro atoms. The van der Waals surface area contributed by atoms with Gasteiger partial charge in [0.05, 0.1) is 19.8 Å². The largest absolute Gasteiger partial charge is 0.460 e. The summed E-state index contributed by atoms with van der Waals surface area (Å²) in [7, 11) is 0. The second-order valence-corrected chi connectivity index (χ2v) is 7.77. The maximum Gasteiger partial charge on any atom is 0.330 e. The summed E-state index contributed by atoms with van der Waals surface area (Å²) in [5.74, 6) is 5.84. The molecule has 0 bridgehead atoms. The Bertz CT molecular complexity index is 435. The van der Waals surface area contributed by atoms with E-state index in [9.17, 15) is 4.79 Å². The molecule has 3 saturated carbocycles. The minimum atomic E-state index is -0.405. The normalized spacial score (nSPS) is 36.2. The van der Waals surface area contributed by atoms with Crippen molar-refractivity contribution in [2.24, 2.45) is 35.5 Å². The van der Waals surface area contributed by atoms with E-state index in [1.54, 1.807) is 0 Å². The summed E-state index contributed by atoms with van der Waals surface area (Å²) in [6.45, 7) is 8.51. The standard InChI is InChI=1S/C20H32O4/c1-3-18(21)24-12-11-23-10-9-22-8-4-5-15-13-14(2)19-16-6-7-17(16)20(15)19/h3,14-17,19-20H,1,4-13H2,2H3. The van der Waals surface area contributed by atoms with Crippen LogP contribution in [0, 0.1) is 35.5 Å². The van der Waals surface area contributed by atoms with E-state index in [1.807, 2.05) is 0 Å². The van der Waals surface area contributed by atoms with Crippen molar-refractivity contribution in [2.45, 2.75) is 39.0 Å². The van der Waals surface area contributed by atoms with Gasteiger partial charge in [-0.25, -0.2) is 4.79 Å². The molecule has 3 rings (SSSR count). The van der Waals surface area contributed by atoms with Crippen LogP contribution in [0.2, 0.25) is 0 Å². The molecule has 6 atom stereocenters. The molecule has 6 unspecified atom stereocenters. The van der Waals surface area contributed by atoms with Crippen molar-refractivity contribution in [1.29, 1.82) is 0 Å². The number of fused-ring (bicyclic) bond motifs is 4. The molecule has 3 aliphatic carbocycles. The van der Waals surface area contributed by atoms with E-state index in [0.29, 0.717) is 19.8 Å². The van der Waals surface area contributed by atoms with Gasteiger partial charge in [-0.2, -0.15) is 0 Å². The molecule has 0 aromatic carbocycles. The molecule has 3 aliphatic rings. The Labute approximate surface area is 145 Å². The van der Waals surface area contributed by atoms with Crippen LogP contribution in [0.15, 0.2) is 12.7 Å². The number of ether oxygens (including phenoxy) is 3. The van der Waals surface area contributed by atoms with Gasteiger partial charge in [0.1, 0.15) is 6.61 Å². The molecule has 4 heteroatoms. The molecule has 3 fully saturated rings.